The highest BCUT2D eigenvalue weighted by Gasteiger charge is 2.50. The number of nitrogens with one attached hydrogen (secondary N) is 1. The predicted octanol–water partition coefficient (Wildman–Crippen LogP) is 3.46. The van der Waals surface area contributed by atoms with Gasteiger partial charge in [0.05, 0.1) is 12.6 Å². The molecule has 0 radical (unpaired) electrons. The molecule has 4 fully saturated rings. The fourth-order valence-electron chi connectivity index (χ4n) is 5.06. The Balaban J connectivity index is 1.45. The van der Waals surface area contributed by atoms with E-state index in [9.17, 15) is 4.79 Å². The molecule has 3 nitrogen and oxygen atoms in total. The number of nitrogens with zero attached hydrogens (tertiary/aromatic N) is 1. The largest absolute Gasteiger partial charge is 0.329 e. The number of benzene rings is 1. The van der Waals surface area contributed by atoms with E-state index in [1.54, 1.807) is 5.57 Å². The van der Waals surface area contributed by atoms with Crippen molar-refractivity contribution in [2.75, 3.05) is 6.54 Å². The van der Waals surface area contributed by atoms with E-state index in [4.69, 9.17) is 0 Å². The van der Waals surface area contributed by atoms with E-state index in [1.165, 1.54) is 30.5 Å². The summed E-state index contributed by atoms with van der Waals surface area (Å²) >= 11 is 0. The Morgan fingerprint density at radius 1 is 1.05 bits per heavy atom. The van der Waals surface area contributed by atoms with Crippen LogP contribution in [-0.4, -0.2) is 17.5 Å². The average Bonchev–Trinajstić information content (AvgIpc) is 2.90. The Kier molecular flexibility index (Phi) is 2.33. The van der Waals surface area contributed by atoms with Crippen LogP contribution < -0.4 is 5.32 Å². The molecule has 0 spiro atoms. The lowest BCUT2D eigenvalue weighted by Crippen LogP contribution is -2.46. The van der Waals surface area contributed by atoms with Gasteiger partial charge in [0.25, 0.3) is 0 Å². The van der Waals surface area contributed by atoms with Gasteiger partial charge >= 0.3 is 6.03 Å². The first-order valence-electron chi connectivity index (χ1n) is 8.15. The van der Waals surface area contributed by atoms with E-state index in [0.29, 0.717) is 0 Å². The number of rotatable bonds is 2. The minimum Gasteiger partial charge on any atom is -0.329 e. The van der Waals surface area contributed by atoms with E-state index in [0.717, 1.165) is 30.7 Å². The molecule has 1 saturated heterocycles. The van der Waals surface area contributed by atoms with Gasteiger partial charge in [0, 0.05) is 5.70 Å². The topological polar surface area (TPSA) is 32.3 Å². The zero-order valence-electron chi connectivity index (χ0n) is 12.1. The molecule has 21 heavy (non-hydrogen) atoms. The molecule has 1 aromatic carbocycles. The van der Waals surface area contributed by atoms with Crippen LogP contribution in [0, 0.1) is 17.8 Å². The van der Waals surface area contributed by atoms with Crippen LogP contribution in [0.1, 0.15) is 37.3 Å². The monoisotopic (exact) mass is 280 g/mol. The van der Waals surface area contributed by atoms with Crippen molar-refractivity contribution in [3.8, 4) is 0 Å². The summed E-state index contributed by atoms with van der Waals surface area (Å²) in [6, 6.07) is 10.6. The number of carbonyl (C=O) groups is 1. The summed E-state index contributed by atoms with van der Waals surface area (Å²) in [7, 11) is 0. The van der Waals surface area contributed by atoms with E-state index >= 15 is 0 Å². The molecule has 3 atom stereocenters. The molecule has 3 heteroatoms. The Hall–Kier alpha value is -1.77. The third kappa shape index (κ3) is 1.63. The van der Waals surface area contributed by atoms with Gasteiger partial charge in [-0.15, -0.1) is 0 Å². The molecule has 6 aliphatic rings. The van der Waals surface area contributed by atoms with Crippen LogP contribution in [0.5, 0.6) is 0 Å². The zero-order valence-corrected chi connectivity index (χ0v) is 12.1. The Bertz CT molecular complexity index is 622. The first-order valence-corrected chi connectivity index (χ1v) is 8.15. The number of fused-ring (bicyclic) bond motifs is 1. The Morgan fingerprint density at radius 3 is 2.52 bits per heavy atom. The van der Waals surface area contributed by atoms with Crippen LogP contribution >= 0.6 is 0 Å². The normalized spacial score (nSPS) is 36.8. The Morgan fingerprint density at radius 2 is 1.81 bits per heavy atom. The molecule has 4 bridgehead atoms. The first kappa shape index (κ1) is 11.8. The summed E-state index contributed by atoms with van der Waals surface area (Å²) in [4.78, 5) is 14.5. The number of hydrogen-bond donors (Lipinski definition) is 1. The van der Waals surface area contributed by atoms with Gasteiger partial charge in [-0.2, -0.15) is 0 Å². The van der Waals surface area contributed by atoms with Gasteiger partial charge in [-0.25, -0.2) is 4.79 Å². The zero-order chi connectivity index (χ0) is 14.0. The predicted molar refractivity (Wildman–Crippen MR) is 80.4 cm³/mol. The Labute approximate surface area is 125 Å². The SMILES string of the molecule is O=C1N[C@@H](c2ccccc2)CN1C1=C2C3CC(C1)CC2C3. The van der Waals surface area contributed by atoms with Crippen molar-refractivity contribution in [2.24, 2.45) is 17.8 Å². The quantitative estimate of drug-likeness (QED) is 0.884. The lowest BCUT2D eigenvalue weighted by molar-refractivity contribution is 0.107. The molecule has 108 valence electrons. The van der Waals surface area contributed by atoms with E-state index < -0.39 is 0 Å². The van der Waals surface area contributed by atoms with Crippen LogP contribution in [0.15, 0.2) is 41.6 Å². The molecule has 2 unspecified atom stereocenters. The van der Waals surface area contributed by atoms with Crippen LogP contribution in [-0.2, 0) is 0 Å². The molecule has 0 aromatic heterocycles. The second-order valence-electron chi connectivity index (χ2n) is 7.10. The number of amides is 2. The smallest absolute Gasteiger partial charge is 0.322 e. The van der Waals surface area contributed by atoms with Crippen molar-refractivity contribution in [3.05, 3.63) is 47.2 Å². The molecular formula is C18H20N2O. The van der Waals surface area contributed by atoms with Gasteiger partial charge in [-0.1, -0.05) is 30.3 Å². The molecule has 3 saturated carbocycles. The van der Waals surface area contributed by atoms with Crippen molar-refractivity contribution in [2.45, 2.75) is 31.7 Å². The minimum absolute atomic E-state index is 0.110. The summed E-state index contributed by atoms with van der Waals surface area (Å²) < 4.78 is 0. The van der Waals surface area contributed by atoms with Crippen molar-refractivity contribution in [1.29, 1.82) is 0 Å². The van der Waals surface area contributed by atoms with Crippen molar-refractivity contribution in [1.82, 2.24) is 10.2 Å². The molecule has 1 N–H and O–H groups in total. The highest BCUT2D eigenvalue weighted by atomic mass is 16.2. The van der Waals surface area contributed by atoms with Crippen LogP contribution in [0.25, 0.3) is 0 Å². The van der Waals surface area contributed by atoms with Gasteiger partial charge in [0.15, 0.2) is 0 Å². The third-order valence-electron chi connectivity index (χ3n) is 5.94. The summed E-state index contributed by atoms with van der Waals surface area (Å²) in [5.41, 5.74) is 4.24. The highest BCUT2D eigenvalue weighted by Crippen LogP contribution is 2.60. The van der Waals surface area contributed by atoms with Crippen LogP contribution in [0.2, 0.25) is 0 Å². The first-order chi connectivity index (χ1) is 10.3. The fraction of sp³-hybridized carbons (Fsp3) is 0.500. The number of urea groups is 1. The number of hydrogen-bond acceptors (Lipinski definition) is 1. The van der Waals surface area contributed by atoms with Gasteiger partial charge in [0.1, 0.15) is 0 Å². The lowest BCUT2D eigenvalue weighted by atomic mass is 9.52. The third-order valence-corrected chi connectivity index (χ3v) is 5.94. The fourth-order valence-corrected chi connectivity index (χ4v) is 5.06. The summed E-state index contributed by atoms with van der Waals surface area (Å²) in [5.74, 6) is 2.45. The van der Waals surface area contributed by atoms with Gasteiger partial charge in [-0.05, 0) is 54.6 Å². The van der Waals surface area contributed by atoms with Crippen molar-refractivity contribution in [3.63, 3.8) is 0 Å². The maximum Gasteiger partial charge on any atom is 0.322 e. The molecule has 2 amide bonds. The van der Waals surface area contributed by atoms with Gasteiger partial charge in [-0.3, -0.25) is 4.90 Å². The highest BCUT2D eigenvalue weighted by molar-refractivity contribution is 5.79. The maximum atomic E-state index is 12.4. The van der Waals surface area contributed by atoms with E-state index in [2.05, 4.69) is 22.3 Å². The maximum absolute atomic E-state index is 12.4. The van der Waals surface area contributed by atoms with Crippen molar-refractivity contribution >= 4 is 6.03 Å². The molecule has 1 aromatic rings. The number of allylic oxidation sites excluding steroid dienone is 2. The van der Waals surface area contributed by atoms with E-state index in [1.807, 2.05) is 18.2 Å². The molecule has 7 rings (SSSR count). The second kappa shape index (κ2) is 4.12. The molecular weight excluding hydrogens is 260 g/mol. The second-order valence-corrected chi connectivity index (χ2v) is 7.10. The summed E-state index contributed by atoms with van der Waals surface area (Å²) in [6.07, 6.45) is 5.28. The van der Waals surface area contributed by atoms with E-state index in [-0.39, 0.29) is 12.1 Å². The average molecular weight is 280 g/mol. The summed E-state index contributed by atoms with van der Waals surface area (Å²) in [6.45, 7) is 0.799. The molecule has 1 heterocycles. The molecule has 1 aliphatic heterocycles. The van der Waals surface area contributed by atoms with Gasteiger partial charge in [0.2, 0.25) is 0 Å². The van der Waals surface area contributed by atoms with Gasteiger partial charge < -0.3 is 5.32 Å². The van der Waals surface area contributed by atoms with Crippen molar-refractivity contribution < 1.29 is 4.79 Å². The van der Waals surface area contributed by atoms with Crippen LogP contribution in [0.3, 0.4) is 0 Å². The molecule has 5 aliphatic carbocycles. The lowest BCUT2D eigenvalue weighted by Gasteiger charge is -2.54. The standard InChI is InChI=1S/C18H20N2O/c21-18-19-15(12-4-2-1-3-5-12)10-20(18)16-8-11-6-13-9-14(7-11)17(13)16/h1-5,11,13-15H,6-10H2,(H,19,21)/t11?,13?,14?,15-/m1/s1. The minimum atomic E-state index is 0.110. The van der Waals surface area contributed by atoms with Crippen LogP contribution in [0.4, 0.5) is 4.79 Å². The number of carbonyl (C=O) groups excluding carboxylic acids is 1. The summed E-state index contributed by atoms with van der Waals surface area (Å²) in [5, 5.41) is 3.16.